The lowest BCUT2D eigenvalue weighted by Gasteiger charge is -2.29. The van der Waals surface area contributed by atoms with Crippen LogP contribution in [0.1, 0.15) is 18.3 Å². The molecule has 0 aliphatic carbocycles. The number of carboxylic acid groups (broad SMARTS) is 1. The lowest BCUT2D eigenvalue weighted by Crippen LogP contribution is -2.46. The summed E-state index contributed by atoms with van der Waals surface area (Å²) in [5.74, 6) is 0.678. The second-order valence-corrected chi connectivity index (χ2v) is 7.74. The topological polar surface area (TPSA) is 67.2 Å². The Morgan fingerprint density at radius 3 is 2.46 bits per heavy atom. The number of imidazole rings is 1. The van der Waals surface area contributed by atoms with E-state index in [1.165, 1.54) is 0 Å². The van der Waals surface area contributed by atoms with Crippen molar-refractivity contribution < 1.29 is 9.90 Å². The van der Waals surface area contributed by atoms with E-state index in [0.29, 0.717) is 12.2 Å². The van der Waals surface area contributed by atoms with Gasteiger partial charge < -0.3 is 15.0 Å². The van der Waals surface area contributed by atoms with Crippen LogP contribution in [0.2, 0.25) is 0 Å². The second kappa shape index (κ2) is 7.49. The first-order valence-electron chi connectivity index (χ1n) is 8.22. The summed E-state index contributed by atoms with van der Waals surface area (Å²) >= 11 is 2.27. The molecule has 6 heteroatoms. The standard InChI is InChI=1S/C20H20IN3O2/c1-20(23-19(25)26,12-14-6-4-3-5-7-14)18-22-17(13-24(18)2)15-8-10-16(21)11-9-15/h3-11,13,23H,12H2,1-2H3,(H,25,26). The van der Waals surface area contributed by atoms with Gasteiger partial charge in [-0.3, -0.25) is 0 Å². The first kappa shape index (κ1) is 18.4. The average Bonchev–Trinajstić information content (AvgIpc) is 2.98. The summed E-state index contributed by atoms with van der Waals surface area (Å²) in [6.07, 6.45) is 1.38. The van der Waals surface area contributed by atoms with Crippen molar-refractivity contribution in [2.75, 3.05) is 0 Å². The van der Waals surface area contributed by atoms with Crippen LogP contribution < -0.4 is 5.32 Å². The van der Waals surface area contributed by atoms with Crippen molar-refractivity contribution in [3.8, 4) is 11.3 Å². The molecular weight excluding hydrogens is 441 g/mol. The predicted molar refractivity (Wildman–Crippen MR) is 110 cm³/mol. The normalized spacial score (nSPS) is 13.2. The van der Waals surface area contributed by atoms with Crippen LogP contribution >= 0.6 is 22.6 Å². The zero-order valence-electron chi connectivity index (χ0n) is 14.6. The van der Waals surface area contributed by atoms with Crippen LogP contribution in [0.4, 0.5) is 4.79 Å². The molecule has 0 aliphatic heterocycles. The molecule has 0 saturated carbocycles. The quantitative estimate of drug-likeness (QED) is 0.553. The van der Waals surface area contributed by atoms with Crippen molar-refractivity contribution in [3.05, 3.63) is 75.8 Å². The number of hydrogen-bond donors (Lipinski definition) is 2. The lowest BCUT2D eigenvalue weighted by molar-refractivity contribution is 0.177. The molecule has 5 nitrogen and oxygen atoms in total. The van der Waals surface area contributed by atoms with Crippen molar-refractivity contribution in [3.63, 3.8) is 0 Å². The average molecular weight is 461 g/mol. The number of amides is 1. The fourth-order valence-corrected chi connectivity index (χ4v) is 3.52. The van der Waals surface area contributed by atoms with Crippen LogP contribution in [0.15, 0.2) is 60.8 Å². The van der Waals surface area contributed by atoms with E-state index in [1.807, 2.05) is 79.3 Å². The maximum absolute atomic E-state index is 11.5. The predicted octanol–water partition coefficient (Wildman–Crippen LogP) is 4.42. The summed E-state index contributed by atoms with van der Waals surface area (Å²) in [4.78, 5) is 16.2. The molecule has 0 bridgehead atoms. The third-order valence-electron chi connectivity index (χ3n) is 4.29. The Balaban J connectivity index is 2.01. The summed E-state index contributed by atoms with van der Waals surface area (Å²) in [5.41, 5.74) is 2.03. The highest BCUT2D eigenvalue weighted by atomic mass is 127. The molecule has 0 radical (unpaired) electrons. The Morgan fingerprint density at radius 1 is 1.19 bits per heavy atom. The number of aromatic nitrogens is 2. The fraction of sp³-hybridized carbons (Fsp3) is 0.200. The van der Waals surface area contributed by atoms with Crippen molar-refractivity contribution in [2.45, 2.75) is 18.9 Å². The molecule has 0 fully saturated rings. The zero-order chi connectivity index (χ0) is 18.7. The van der Waals surface area contributed by atoms with Gasteiger partial charge in [-0.15, -0.1) is 0 Å². The molecule has 2 N–H and O–H groups in total. The molecule has 134 valence electrons. The zero-order valence-corrected chi connectivity index (χ0v) is 16.8. The summed E-state index contributed by atoms with van der Waals surface area (Å²) in [6.45, 7) is 1.87. The van der Waals surface area contributed by atoms with E-state index in [0.717, 1.165) is 20.4 Å². The van der Waals surface area contributed by atoms with Gasteiger partial charge >= 0.3 is 6.09 Å². The number of nitrogens with zero attached hydrogens (tertiary/aromatic N) is 2. The number of halogens is 1. The molecule has 1 amide bonds. The number of hydrogen-bond acceptors (Lipinski definition) is 2. The Bertz CT molecular complexity index is 907. The number of benzene rings is 2. The van der Waals surface area contributed by atoms with E-state index in [1.54, 1.807) is 0 Å². The Labute approximate surface area is 166 Å². The van der Waals surface area contributed by atoms with E-state index < -0.39 is 11.6 Å². The second-order valence-electron chi connectivity index (χ2n) is 6.49. The first-order chi connectivity index (χ1) is 12.4. The SMILES string of the molecule is Cn1cc(-c2ccc(I)cc2)nc1C(C)(Cc1ccccc1)NC(=O)O. The van der Waals surface area contributed by atoms with Crippen LogP contribution in [0, 0.1) is 3.57 Å². The van der Waals surface area contributed by atoms with E-state index in [2.05, 4.69) is 27.9 Å². The van der Waals surface area contributed by atoms with Gasteiger partial charge in [0.25, 0.3) is 0 Å². The van der Waals surface area contributed by atoms with Gasteiger partial charge in [-0.05, 0) is 47.2 Å². The highest BCUT2D eigenvalue weighted by Gasteiger charge is 2.33. The minimum atomic E-state index is -1.07. The van der Waals surface area contributed by atoms with Gasteiger partial charge in [0.05, 0.1) is 5.69 Å². The molecule has 2 aromatic carbocycles. The van der Waals surface area contributed by atoms with Crippen molar-refractivity contribution in [2.24, 2.45) is 7.05 Å². The third kappa shape index (κ3) is 4.07. The Morgan fingerprint density at radius 2 is 1.85 bits per heavy atom. The van der Waals surface area contributed by atoms with Gasteiger partial charge in [0.15, 0.2) is 0 Å². The third-order valence-corrected chi connectivity index (χ3v) is 5.01. The molecule has 1 heterocycles. The van der Waals surface area contributed by atoms with Crippen LogP contribution in [0.25, 0.3) is 11.3 Å². The number of rotatable bonds is 5. The lowest BCUT2D eigenvalue weighted by atomic mass is 9.92. The molecule has 0 spiro atoms. The van der Waals surface area contributed by atoms with Crippen molar-refractivity contribution in [1.82, 2.24) is 14.9 Å². The van der Waals surface area contributed by atoms with E-state index in [-0.39, 0.29) is 0 Å². The molecule has 1 unspecified atom stereocenters. The first-order valence-corrected chi connectivity index (χ1v) is 9.30. The molecule has 26 heavy (non-hydrogen) atoms. The smallest absolute Gasteiger partial charge is 0.405 e. The van der Waals surface area contributed by atoms with E-state index in [4.69, 9.17) is 4.98 Å². The van der Waals surface area contributed by atoms with Gasteiger partial charge in [0.2, 0.25) is 0 Å². The summed E-state index contributed by atoms with van der Waals surface area (Å²) in [7, 11) is 1.89. The molecule has 3 aromatic rings. The molecule has 0 aliphatic rings. The summed E-state index contributed by atoms with van der Waals surface area (Å²) < 4.78 is 3.05. The van der Waals surface area contributed by atoms with Gasteiger partial charge in [-0.1, -0.05) is 42.5 Å². The molecular formula is C20H20IN3O2. The highest BCUT2D eigenvalue weighted by molar-refractivity contribution is 14.1. The van der Waals surface area contributed by atoms with Gasteiger partial charge in [-0.25, -0.2) is 9.78 Å². The largest absolute Gasteiger partial charge is 0.465 e. The monoisotopic (exact) mass is 461 g/mol. The van der Waals surface area contributed by atoms with Crippen LogP contribution in [0.5, 0.6) is 0 Å². The number of carbonyl (C=O) groups is 1. The van der Waals surface area contributed by atoms with Gasteiger partial charge in [-0.2, -0.15) is 0 Å². The molecule has 1 aromatic heterocycles. The number of nitrogens with one attached hydrogen (secondary N) is 1. The van der Waals surface area contributed by atoms with Gasteiger partial charge in [0.1, 0.15) is 11.4 Å². The molecule has 0 saturated heterocycles. The highest BCUT2D eigenvalue weighted by Crippen LogP contribution is 2.28. The molecule has 3 rings (SSSR count). The minimum absolute atomic E-state index is 0.511. The van der Waals surface area contributed by atoms with Gasteiger partial charge in [0, 0.05) is 28.8 Å². The Kier molecular flexibility index (Phi) is 5.31. The fourth-order valence-electron chi connectivity index (χ4n) is 3.16. The van der Waals surface area contributed by atoms with E-state index >= 15 is 0 Å². The maximum Gasteiger partial charge on any atom is 0.405 e. The van der Waals surface area contributed by atoms with Crippen LogP contribution in [-0.2, 0) is 19.0 Å². The minimum Gasteiger partial charge on any atom is -0.465 e. The van der Waals surface area contributed by atoms with Crippen molar-refractivity contribution in [1.29, 1.82) is 0 Å². The summed E-state index contributed by atoms with van der Waals surface area (Å²) in [6, 6.07) is 17.9. The maximum atomic E-state index is 11.5. The Hall–Kier alpha value is -2.35. The number of aryl methyl sites for hydroxylation is 1. The summed E-state index contributed by atoms with van der Waals surface area (Å²) in [5, 5.41) is 12.1. The van der Waals surface area contributed by atoms with Crippen LogP contribution in [-0.4, -0.2) is 20.8 Å². The van der Waals surface area contributed by atoms with Crippen molar-refractivity contribution >= 4 is 28.7 Å². The van der Waals surface area contributed by atoms with Crippen LogP contribution in [0.3, 0.4) is 0 Å². The van der Waals surface area contributed by atoms with E-state index in [9.17, 15) is 9.90 Å². The molecule has 1 atom stereocenters.